The van der Waals surface area contributed by atoms with Crippen LogP contribution >= 0.6 is 0 Å². The van der Waals surface area contributed by atoms with Crippen LogP contribution in [0.25, 0.3) is 0 Å². The molecule has 0 fully saturated rings. The van der Waals surface area contributed by atoms with E-state index in [2.05, 4.69) is 62.1 Å². The molecule has 1 unspecified atom stereocenters. The summed E-state index contributed by atoms with van der Waals surface area (Å²) in [6.45, 7) is 6.92. The monoisotopic (exact) mass is 283 g/mol. The number of aliphatic hydroxyl groups is 1. The molecule has 0 aliphatic heterocycles. The van der Waals surface area contributed by atoms with E-state index in [0.717, 1.165) is 17.7 Å². The Labute approximate surface area is 128 Å². The Balaban J connectivity index is 2.06. The number of likely N-dealkylation sites (N-methyl/N-ethyl adjacent to an activating group) is 1. The fourth-order valence-corrected chi connectivity index (χ4v) is 2.43. The summed E-state index contributed by atoms with van der Waals surface area (Å²) in [5.41, 5.74) is 5.93. The lowest BCUT2D eigenvalue weighted by molar-refractivity contribution is 0.185. The Hall–Kier alpha value is -1.80. The topological polar surface area (TPSA) is 23.5 Å². The first-order valence-corrected chi connectivity index (χ1v) is 7.56. The number of aliphatic hydroxyl groups excluding tert-OH is 1. The molecule has 0 saturated carbocycles. The Morgan fingerprint density at radius 3 is 2.24 bits per heavy atom. The lowest BCUT2D eigenvalue weighted by Crippen LogP contribution is -2.24. The number of hydrogen-bond acceptors (Lipinski definition) is 2. The van der Waals surface area contributed by atoms with Crippen molar-refractivity contribution in [1.82, 2.24) is 0 Å². The molecule has 2 aromatic carbocycles. The maximum Gasteiger partial charge on any atom is 0.0964 e. The van der Waals surface area contributed by atoms with Crippen LogP contribution in [-0.4, -0.2) is 18.7 Å². The number of nitrogens with zero attached hydrogens (tertiary/aromatic N) is 1. The summed E-state index contributed by atoms with van der Waals surface area (Å²) >= 11 is 0. The molecule has 0 aliphatic carbocycles. The van der Waals surface area contributed by atoms with Gasteiger partial charge in [0.25, 0.3) is 0 Å². The van der Waals surface area contributed by atoms with E-state index in [0.29, 0.717) is 6.54 Å². The van der Waals surface area contributed by atoms with Crippen molar-refractivity contribution in [3.05, 3.63) is 64.7 Å². The fraction of sp³-hybridized carbons (Fsp3) is 0.368. The van der Waals surface area contributed by atoms with Gasteiger partial charge in [-0.1, -0.05) is 37.3 Å². The predicted octanol–water partition coefficient (Wildman–Crippen LogP) is 4.04. The van der Waals surface area contributed by atoms with Crippen LogP contribution in [0.1, 0.15) is 35.3 Å². The van der Waals surface area contributed by atoms with Gasteiger partial charge < -0.3 is 10.0 Å². The molecule has 2 nitrogen and oxygen atoms in total. The van der Waals surface area contributed by atoms with Crippen molar-refractivity contribution >= 4 is 5.69 Å². The summed E-state index contributed by atoms with van der Waals surface area (Å²) in [6.07, 6.45) is 0.579. The maximum atomic E-state index is 10.4. The quantitative estimate of drug-likeness (QED) is 0.895. The highest BCUT2D eigenvalue weighted by molar-refractivity contribution is 5.47. The van der Waals surface area contributed by atoms with E-state index in [-0.39, 0.29) is 0 Å². The number of rotatable bonds is 5. The van der Waals surface area contributed by atoms with E-state index in [1.807, 2.05) is 13.1 Å². The third-order valence-corrected chi connectivity index (χ3v) is 4.15. The van der Waals surface area contributed by atoms with Crippen LogP contribution in [0, 0.1) is 13.8 Å². The van der Waals surface area contributed by atoms with E-state index < -0.39 is 6.10 Å². The van der Waals surface area contributed by atoms with Gasteiger partial charge in [-0.3, -0.25) is 0 Å². The van der Waals surface area contributed by atoms with Crippen molar-refractivity contribution in [2.75, 3.05) is 18.5 Å². The SMILES string of the molecule is CCc1ccc(N(C)CC(O)c2ccc(C)c(C)c2)cc1. The highest BCUT2D eigenvalue weighted by Crippen LogP contribution is 2.21. The van der Waals surface area contributed by atoms with Crippen LogP contribution < -0.4 is 4.90 Å². The molecule has 2 heteroatoms. The lowest BCUT2D eigenvalue weighted by Gasteiger charge is -2.23. The van der Waals surface area contributed by atoms with E-state index in [9.17, 15) is 5.11 Å². The number of aryl methyl sites for hydroxylation is 3. The minimum absolute atomic E-state index is 0.472. The van der Waals surface area contributed by atoms with Gasteiger partial charge in [-0.2, -0.15) is 0 Å². The van der Waals surface area contributed by atoms with E-state index in [4.69, 9.17) is 0 Å². The van der Waals surface area contributed by atoms with Crippen molar-refractivity contribution in [3.8, 4) is 0 Å². The molecule has 0 bridgehead atoms. The number of hydrogen-bond donors (Lipinski definition) is 1. The Morgan fingerprint density at radius 1 is 1.00 bits per heavy atom. The molecule has 1 atom stereocenters. The second-order valence-corrected chi connectivity index (χ2v) is 5.76. The minimum Gasteiger partial charge on any atom is -0.387 e. The molecule has 0 spiro atoms. The van der Waals surface area contributed by atoms with Gasteiger partial charge >= 0.3 is 0 Å². The summed E-state index contributed by atoms with van der Waals surface area (Å²) in [7, 11) is 2.02. The van der Waals surface area contributed by atoms with E-state index in [1.165, 1.54) is 16.7 Å². The van der Waals surface area contributed by atoms with Crippen LogP contribution in [0.2, 0.25) is 0 Å². The lowest BCUT2D eigenvalue weighted by atomic mass is 10.0. The zero-order valence-corrected chi connectivity index (χ0v) is 13.4. The van der Waals surface area contributed by atoms with Crippen LogP contribution in [0.3, 0.4) is 0 Å². The van der Waals surface area contributed by atoms with Crippen LogP contribution in [-0.2, 0) is 6.42 Å². The molecule has 21 heavy (non-hydrogen) atoms. The summed E-state index contributed by atoms with van der Waals surface area (Å²) in [5.74, 6) is 0. The van der Waals surface area contributed by atoms with Gasteiger partial charge in [0.1, 0.15) is 0 Å². The average Bonchev–Trinajstić information content (AvgIpc) is 2.50. The third kappa shape index (κ3) is 3.85. The molecule has 2 aromatic rings. The van der Waals surface area contributed by atoms with Gasteiger partial charge in [0.15, 0.2) is 0 Å². The number of anilines is 1. The fourth-order valence-electron chi connectivity index (χ4n) is 2.43. The summed E-state index contributed by atoms with van der Waals surface area (Å²) in [5, 5.41) is 10.4. The molecule has 0 aromatic heterocycles. The van der Waals surface area contributed by atoms with Gasteiger partial charge in [0.05, 0.1) is 6.10 Å². The highest BCUT2D eigenvalue weighted by Gasteiger charge is 2.12. The summed E-state index contributed by atoms with van der Waals surface area (Å²) < 4.78 is 0. The largest absolute Gasteiger partial charge is 0.387 e. The second-order valence-electron chi connectivity index (χ2n) is 5.76. The third-order valence-electron chi connectivity index (χ3n) is 4.15. The summed E-state index contributed by atoms with van der Waals surface area (Å²) in [6, 6.07) is 14.7. The first kappa shape index (κ1) is 15.6. The van der Waals surface area contributed by atoms with Crippen LogP contribution in [0.5, 0.6) is 0 Å². The molecule has 112 valence electrons. The standard InChI is InChI=1S/C19H25NO/c1-5-16-7-10-18(11-8-16)20(4)13-19(21)17-9-6-14(2)15(3)12-17/h6-12,19,21H,5,13H2,1-4H3. The Kier molecular flexibility index (Phi) is 5.03. The Morgan fingerprint density at radius 2 is 1.67 bits per heavy atom. The second kappa shape index (κ2) is 6.77. The van der Waals surface area contributed by atoms with Crippen molar-refractivity contribution < 1.29 is 5.11 Å². The number of benzene rings is 2. The van der Waals surface area contributed by atoms with Crippen molar-refractivity contribution in [3.63, 3.8) is 0 Å². The van der Waals surface area contributed by atoms with Crippen molar-refractivity contribution in [2.45, 2.75) is 33.3 Å². The smallest absolute Gasteiger partial charge is 0.0964 e. The van der Waals surface area contributed by atoms with Gasteiger partial charge in [-0.05, 0) is 54.7 Å². The first-order valence-electron chi connectivity index (χ1n) is 7.56. The zero-order valence-electron chi connectivity index (χ0n) is 13.4. The molecule has 0 heterocycles. The van der Waals surface area contributed by atoms with Gasteiger partial charge in [-0.15, -0.1) is 0 Å². The summed E-state index contributed by atoms with van der Waals surface area (Å²) in [4.78, 5) is 2.10. The van der Waals surface area contributed by atoms with Crippen LogP contribution in [0.4, 0.5) is 5.69 Å². The normalized spacial score (nSPS) is 12.2. The molecular weight excluding hydrogens is 258 g/mol. The molecule has 0 aliphatic rings. The highest BCUT2D eigenvalue weighted by atomic mass is 16.3. The molecule has 2 rings (SSSR count). The Bertz CT molecular complexity index is 589. The molecule has 0 saturated heterocycles. The average molecular weight is 283 g/mol. The van der Waals surface area contributed by atoms with Gasteiger partial charge in [-0.25, -0.2) is 0 Å². The van der Waals surface area contributed by atoms with Gasteiger partial charge in [0, 0.05) is 19.3 Å². The van der Waals surface area contributed by atoms with E-state index >= 15 is 0 Å². The minimum atomic E-state index is -0.472. The maximum absolute atomic E-state index is 10.4. The van der Waals surface area contributed by atoms with E-state index in [1.54, 1.807) is 0 Å². The molecule has 0 radical (unpaired) electrons. The van der Waals surface area contributed by atoms with Gasteiger partial charge in [0.2, 0.25) is 0 Å². The predicted molar refractivity (Wildman–Crippen MR) is 90.0 cm³/mol. The van der Waals surface area contributed by atoms with Crippen LogP contribution in [0.15, 0.2) is 42.5 Å². The first-order chi connectivity index (χ1) is 10.0. The van der Waals surface area contributed by atoms with Crippen molar-refractivity contribution in [2.24, 2.45) is 0 Å². The molecule has 1 N–H and O–H groups in total. The zero-order chi connectivity index (χ0) is 15.4. The molecule has 0 amide bonds. The molecular formula is C19H25NO. The van der Waals surface area contributed by atoms with Crippen molar-refractivity contribution in [1.29, 1.82) is 0 Å².